The fraction of sp³-hybridized carbons (Fsp3) is 0.486. The van der Waals surface area contributed by atoms with E-state index in [9.17, 15) is 23.2 Å². The van der Waals surface area contributed by atoms with Crippen molar-refractivity contribution in [2.24, 2.45) is 5.92 Å². The number of piperidine rings is 1. The molecule has 1 spiro atoms. The molecular formula is C35H34ClF4N7O2S. The zero-order valence-electron chi connectivity index (χ0n) is 27.4. The standard InChI is InChI=1S/C35H34ClF4N7O2S/c1-17(24-5-3-10-45(24)2)49-33-43-28-19(13-22(36)26(27(28)38)18-6-7-23(37)29-25(18)20(15-41)30(42)50-29)31(44-33)46-11-4-8-34(16-46)9-12-47(34)32(48)21-14-35(21,39)40/h6-7,13,17,21,24H,3-5,8-12,14,16,42H2,1-2H3/t17?,21?,24-,34?/m0/s1. The Bertz CT molecular complexity index is 2120. The topological polar surface area (TPSA) is 112 Å². The summed E-state index contributed by atoms with van der Waals surface area (Å²) in [6.45, 7) is 4.06. The Morgan fingerprint density at radius 1 is 1.20 bits per heavy atom. The highest BCUT2D eigenvalue weighted by molar-refractivity contribution is 7.23. The maximum absolute atomic E-state index is 17.1. The van der Waals surface area contributed by atoms with Crippen LogP contribution in [0.15, 0.2) is 18.2 Å². The van der Waals surface area contributed by atoms with Crippen molar-refractivity contribution in [1.29, 1.82) is 5.26 Å². The first kappa shape index (κ1) is 33.2. The number of benzene rings is 2. The Labute approximate surface area is 294 Å². The smallest absolute Gasteiger partial charge is 0.319 e. The molecule has 4 atom stereocenters. The number of carbonyl (C=O) groups is 1. The van der Waals surface area contributed by atoms with Crippen LogP contribution in [0.1, 0.15) is 51.0 Å². The van der Waals surface area contributed by atoms with Gasteiger partial charge in [0, 0.05) is 48.4 Å². The van der Waals surface area contributed by atoms with Gasteiger partial charge in [-0.05, 0) is 70.3 Å². The number of fused-ring (bicyclic) bond motifs is 2. The minimum Gasteiger partial charge on any atom is -0.459 e. The van der Waals surface area contributed by atoms with Crippen molar-refractivity contribution in [2.45, 2.75) is 69.1 Å². The molecule has 5 heterocycles. The molecule has 2 N–H and O–H groups in total. The van der Waals surface area contributed by atoms with Gasteiger partial charge in [0.2, 0.25) is 5.91 Å². The average Bonchev–Trinajstić information content (AvgIpc) is 3.34. The Hall–Kier alpha value is -3.93. The number of carbonyl (C=O) groups excluding carboxylic acids is 1. The second kappa shape index (κ2) is 11.8. The van der Waals surface area contributed by atoms with Crippen molar-refractivity contribution in [3.8, 4) is 23.2 Å². The summed E-state index contributed by atoms with van der Waals surface area (Å²) in [5.41, 5.74) is 5.47. The fourth-order valence-corrected chi connectivity index (χ4v) is 9.50. The van der Waals surface area contributed by atoms with E-state index in [2.05, 4.69) is 9.88 Å². The summed E-state index contributed by atoms with van der Waals surface area (Å²) in [5, 5.41) is 10.4. The normalized spacial score (nSPS) is 25.2. The zero-order valence-corrected chi connectivity index (χ0v) is 29.0. The quantitative estimate of drug-likeness (QED) is 0.212. The van der Waals surface area contributed by atoms with Crippen molar-refractivity contribution < 1.29 is 27.1 Å². The predicted molar refractivity (Wildman–Crippen MR) is 184 cm³/mol. The van der Waals surface area contributed by atoms with Crippen molar-refractivity contribution in [3.05, 3.63) is 40.4 Å². The van der Waals surface area contributed by atoms with Crippen LogP contribution in [0.25, 0.3) is 32.1 Å². The van der Waals surface area contributed by atoms with Crippen LogP contribution in [-0.4, -0.2) is 82.5 Å². The van der Waals surface area contributed by atoms with Gasteiger partial charge in [-0.25, -0.2) is 17.6 Å². The van der Waals surface area contributed by atoms with Gasteiger partial charge in [-0.2, -0.15) is 15.2 Å². The van der Waals surface area contributed by atoms with Crippen molar-refractivity contribution >= 4 is 60.7 Å². The summed E-state index contributed by atoms with van der Waals surface area (Å²) in [4.78, 5) is 28.3. The SMILES string of the molecule is CC(Oc1nc(N2CCCC3(CCN3C(=O)C3CC3(F)F)C2)c2cc(Cl)c(-c3ccc(F)c4sc(N)c(C#N)c34)c(F)c2n1)[C@@H]1CCCN1C. The number of alkyl halides is 2. The highest BCUT2D eigenvalue weighted by Gasteiger charge is 2.65. The van der Waals surface area contributed by atoms with Crippen LogP contribution in [0.2, 0.25) is 5.02 Å². The Morgan fingerprint density at radius 2 is 1.98 bits per heavy atom. The molecule has 1 saturated carbocycles. The molecule has 1 aliphatic carbocycles. The molecule has 15 heteroatoms. The lowest BCUT2D eigenvalue weighted by Gasteiger charge is -2.57. The van der Waals surface area contributed by atoms with E-state index in [-0.39, 0.29) is 60.5 Å². The molecule has 4 fully saturated rings. The molecule has 4 aliphatic rings. The molecular weight excluding hydrogens is 694 g/mol. The number of ether oxygens (including phenoxy) is 1. The number of nitriles is 1. The minimum absolute atomic E-state index is 0.0147. The molecule has 50 heavy (non-hydrogen) atoms. The summed E-state index contributed by atoms with van der Waals surface area (Å²) < 4.78 is 66.3. The maximum atomic E-state index is 17.1. The first-order valence-corrected chi connectivity index (χ1v) is 17.9. The van der Waals surface area contributed by atoms with Crippen LogP contribution in [-0.2, 0) is 4.79 Å². The second-order valence-corrected chi connectivity index (χ2v) is 15.5. The lowest BCUT2D eigenvalue weighted by molar-refractivity contribution is -0.152. The zero-order chi connectivity index (χ0) is 35.3. The van der Waals surface area contributed by atoms with Gasteiger partial charge >= 0.3 is 6.01 Å². The molecule has 0 bridgehead atoms. The molecule has 2 aromatic heterocycles. The summed E-state index contributed by atoms with van der Waals surface area (Å²) in [6, 6.07) is 6.17. The number of hydrogen-bond acceptors (Lipinski definition) is 9. The van der Waals surface area contributed by atoms with Crippen LogP contribution in [0.5, 0.6) is 6.01 Å². The molecule has 3 unspecified atom stereocenters. The van der Waals surface area contributed by atoms with E-state index in [0.717, 1.165) is 30.7 Å². The number of halogens is 5. The third-order valence-corrected chi connectivity index (χ3v) is 12.4. The minimum atomic E-state index is -2.97. The highest BCUT2D eigenvalue weighted by atomic mass is 35.5. The number of hydrogen-bond donors (Lipinski definition) is 1. The summed E-state index contributed by atoms with van der Waals surface area (Å²) in [5.74, 6) is -5.83. The number of nitrogens with zero attached hydrogens (tertiary/aromatic N) is 6. The van der Waals surface area contributed by atoms with Gasteiger partial charge in [0.1, 0.15) is 40.2 Å². The van der Waals surface area contributed by atoms with Gasteiger partial charge in [0.05, 0.1) is 20.8 Å². The van der Waals surface area contributed by atoms with Gasteiger partial charge < -0.3 is 20.3 Å². The number of amides is 1. The Kier molecular flexibility index (Phi) is 7.85. The van der Waals surface area contributed by atoms with Crippen LogP contribution in [0.4, 0.5) is 28.4 Å². The highest BCUT2D eigenvalue weighted by Crippen LogP contribution is 2.53. The molecule has 1 amide bonds. The third-order valence-electron chi connectivity index (χ3n) is 11.1. The van der Waals surface area contributed by atoms with E-state index in [1.54, 1.807) is 11.0 Å². The first-order valence-electron chi connectivity index (χ1n) is 16.8. The largest absolute Gasteiger partial charge is 0.459 e. The molecule has 8 rings (SSSR count). The van der Waals surface area contributed by atoms with Gasteiger partial charge in [-0.3, -0.25) is 9.69 Å². The number of nitrogens with two attached hydrogens (primary N) is 1. The lowest BCUT2D eigenvalue weighted by Crippen LogP contribution is -2.69. The first-order chi connectivity index (χ1) is 23.8. The molecule has 2 aromatic carbocycles. The van der Waals surface area contributed by atoms with Crippen molar-refractivity contribution in [2.75, 3.05) is 43.9 Å². The second-order valence-electron chi connectivity index (χ2n) is 14.0. The number of aromatic nitrogens is 2. The van der Waals surface area contributed by atoms with Crippen LogP contribution >= 0.6 is 22.9 Å². The van der Waals surface area contributed by atoms with Gasteiger partial charge in [0.25, 0.3) is 5.92 Å². The summed E-state index contributed by atoms with van der Waals surface area (Å²) >= 11 is 7.77. The number of nitrogen functional groups attached to an aromatic ring is 1. The number of rotatable bonds is 6. The van der Waals surface area contributed by atoms with Crippen molar-refractivity contribution in [3.63, 3.8) is 0 Å². The van der Waals surface area contributed by atoms with E-state index in [1.807, 2.05) is 24.9 Å². The third kappa shape index (κ3) is 5.14. The fourth-order valence-electron chi connectivity index (χ4n) is 8.25. The van der Waals surface area contributed by atoms with E-state index in [4.69, 9.17) is 27.1 Å². The molecule has 262 valence electrons. The molecule has 3 saturated heterocycles. The van der Waals surface area contributed by atoms with Crippen LogP contribution in [0, 0.1) is 28.9 Å². The predicted octanol–water partition coefficient (Wildman–Crippen LogP) is 6.98. The number of likely N-dealkylation sites (tertiary alicyclic amines) is 2. The summed E-state index contributed by atoms with van der Waals surface area (Å²) in [7, 11) is 2.02. The Morgan fingerprint density at radius 3 is 2.64 bits per heavy atom. The van der Waals surface area contributed by atoms with E-state index >= 15 is 4.39 Å². The van der Waals surface area contributed by atoms with E-state index in [0.29, 0.717) is 50.1 Å². The number of likely N-dealkylation sites (N-methyl/N-ethyl adjacent to an activating group) is 1. The summed E-state index contributed by atoms with van der Waals surface area (Å²) in [6.07, 6.45) is 3.11. The molecule has 4 aromatic rings. The van der Waals surface area contributed by atoms with Crippen molar-refractivity contribution in [1.82, 2.24) is 19.8 Å². The molecule has 0 radical (unpaired) electrons. The molecule has 3 aliphatic heterocycles. The van der Waals surface area contributed by atoms with Crippen LogP contribution < -0.4 is 15.4 Å². The van der Waals surface area contributed by atoms with E-state index in [1.165, 1.54) is 12.1 Å². The average molecular weight is 728 g/mol. The van der Waals surface area contributed by atoms with Crippen LogP contribution in [0.3, 0.4) is 0 Å². The Balaban J connectivity index is 1.26. The van der Waals surface area contributed by atoms with Gasteiger partial charge in [-0.1, -0.05) is 17.7 Å². The molecule has 9 nitrogen and oxygen atoms in total. The number of anilines is 2. The monoisotopic (exact) mass is 727 g/mol. The lowest BCUT2D eigenvalue weighted by atomic mass is 9.77. The number of thiophene rings is 1. The maximum Gasteiger partial charge on any atom is 0.319 e. The van der Waals surface area contributed by atoms with Gasteiger partial charge in [0.15, 0.2) is 5.82 Å². The van der Waals surface area contributed by atoms with E-state index < -0.39 is 41.3 Å². The van der Waals surface area contributed by atoms with Gasteiger partial charge in [-0.15, -0.1) is 11.3 Å².